The highest BCUT2D eigenvalue weighted by Crippen LogP contribution is 2.25. The van der Waals surface area contributed by atoms with Crippen LogP contribution in [0.1, 0.15) is 18.5 Å². The third-order valence-corrected chi connectivity index (χ3v) is 3.59. The van der Waals surface area contributed by atoms with Crippen LogP contribution in [0.4, 0.5) is 4.39 Å². The highest BCUT2D eigenvalue weighted by Gasteiger charge is 2.30. The molecular formula is C14H20FN3O. The number of carbonyl (C=O) groups is 1. The molecule has 1 aliphatic rings. The molecule has 0 aromatic heterocycles. The van der Waals surface area contributed by atoms with Crippen LogP contribution in [0, 0.1) is 5.82 Å². The van der Waals surface area contributed by atoms with Crippen molar-refractivity contribution in [3.63, 3.8) is 0 Å². The summed E-state index contributed by atoms with van der Waals surface area (Å²) in [6.45, 7) is 3.76. The largest absolute Gasteiger partial charge is 0.343 e. The Labute approximate surface area is 113 Å². The van der Waals surface area contributed by atoms with Crippen LogP contribution in [0.25, 0.3) is 0 Å². The highest BCUT2D eigenvalue weighted by molar-refractivity contribution is 5.78. The molecule has 1 aromatic carbocycles. The standard InChI is InChI=1S/C14H20FN3O/c1-10(16)14(11-3-5-12(15)6-4-11)18-8-7-17(2)13(19)9-18/h3-6,10,14H,7-9,16H2,1-2H3. The third-order valence-electron chi connectivity index (χ3n) is 3.59. The average Bonchev–Trinajstić information content (AvgIpc) is 2.36. The molecule has 2 N–H and O–H groups in total. The van der Waals surface area contributed by atoms with E-state index >= 15 is 0 Å². The summed E-state index contributed by atoms with van der Waals surface area (Å²) < 4.78 is 13.0. The van der Waals surface area contributed by atoms with E-state index in [0.29, 0.717) is 13.1 Å². The van der Waals surface area contributed by atoms with Gasteiger partial charge in [0, 0.05) is 26.2 Å². The van der Waals surface area contributed by atoms with E-state index in [2.05, 4.69) is 4.90 Å². The van der Waals surface area contributed by atoms with Gasteiger partial charge in [-0.2, -0.15) is 0 Å². The van der Waals surface area contributed by atoms with Gasteiger partial charge in [-0.3, -0.25) is 9.69 Å². The molecule has 0 bridgehead atoms. The van der Waals surface area contributed by atoms with E-state index in [4.69, 9.17) is 5.73 Å². The predicted octanol–water partition coefficient (Wildman–Crippen LogP) is 0.988. The van der Waals surface area contributed by atoms with Crippen molar-refractivity contribution in [1.82, 2.24) is 9.80 Å². The van der Waals surface area contributed by atoms with Gasteiger partial charge in [-0.05, 0) is 24.6 Å². The zero-order chi connectivity index (χ0) is 14.0. The zero-order valence-corrected chi connectivity index (χ0v) is 11.3. The second-order valence-electron chi connectivity index (χ2n) is 5.14. The van der Waals surface area contributed by atoms with Gasteiger partial charge in [-0.25, -0.2) is 4.39 Å². The van der Waals surface area contributed by atoms with Crippen molar-refractivity contribution in [2.24, 2.45) is 5.73 Å². The first-order valence-electron chi connectivity index (χ1n) is 6.48. The Hall–Kier alpha value is -1.46. The van der Waals surface area contributed by atoms with E-state index in [-0.39, 0.29) is 23.8 Å². The van der Waals surface area contributed by atoms with Gasteiger partial charge in [-0.15, -0.1) is 0 Å². The minimum Gasteiger partial charge on any atom is -0.343 e. The van der Waals surface area contributed by atoms with Crippen molar-refractivity contribution < 1.29 is 9.18 Å². The lowest BCUT2D eigenvalue weighted by Gasteiger charge is -2.39. The summed E-state index contributed by atoms with van der Waals surface area (Å²) in [4.78, 5) is 15.6. The minimum atomic E-state index is -0.262. The van der Waals surface area contributed by atoms with Gasteiger partial charge in [0.15, 0.2) is 0 Å². The number of halogens is 1. The molecule has 1 saturated heterocycles. The molecule has 0 saturated carbocycles. The van der Waals surface area contributed by atoms with Crippen LogP contribution < -0.4 is 5.73 Å². The first kappa shape index (κ1) is 14.0. The Morgan fingerprint density at radius 1 is 1.26 bits per heavy atom. The lowest BCUT2D eigenvalue weighted by atomic mass is 9.98. The predicted molar refractivity (Wildman–Crippen MR) is 72.0 cm³/mol. The first-order valence-corrected chi connectivity index (χ1v) is 6.48. The van der Waals surface area contributed by atoms with Crippen LogP contribution in [0.3, 0.4) is 0 Å². The van der Waals surface area contributed by atoms with Gasteiger partial charge in [0.05, 0.1) is 12.6 Å². The first-order chi connectivity index (χ1) is 8.99. The van der Waals surface area contributed by atoms with Crippen molar-refractivity contribution in [1.29, 1.82) is 0 Å². The van der Waals surface area contributed by atoms with E-state index < -0.39 is 0 Å². The molecule has 4 nitrogen and oxygen atoms in total. The van der Waals surface area contributed by atoms with Gasteiger partial charge in [-0.1, -0.05) is 12.1 Å². The smallest absolute Gasteiger partial charge is 0.236 e. The van der Waals surface area contributed by atoms with Crippen molar-refractivity contribution in [2.75, 3.05) is 26.7 Å². The fraction of sp³-hybridized carbons (Fsp3) is 0.500. The summed E-state index contributed by atoms with van der Waals surface area (Å²) in [6, 6.07) is 6.17. The highest BCUT2D eigenvalue weighted by atomic mass is 19.1. The number of hydrogen-bond donors (Lipinski definition) is 1. The number of amides is 1. The van der Waals surface area contributed by atoms with Crippen LogP contribution in [-0.2, 0) is 4.79 Å². The molecule has 2 atom stereocenters. The van der Waals surface area contributed by atoms with Gasteiger partial charge >= 0.3 is 0 Å². The van der Waals surface area contributed by atoms with Crippen LogP contribution in [0.15, 0.2) is 24.3 Å². The van der Waals surface area contributed by atoms with Crippen LogP contribution in [0.5, 0.6) is 0 Å². The normalized spacial score (nSPS) is 20.4. The molecule has 2 rings (SSSR count). The molecule has 1 aromatic rings. The summed E-state index contributed by atoms with van der Waals surface area (Å²) in [5, 5.41) is 0. The fourth-order valence-electron chi connectivity index (χ4n) is 2.52. The second kappa shape index (κ2) is 5.67. The molecule has 0 aliphatic carbocycles. The molecule has 104 valence electrons. The molecule has 2 unspecified atom stereocenters. The van der Waals surface area contributed by atoms with Crippen molar-refractivity contribution in [3.05, 3.63) is 35.6 Å². The number of piperazine rings is 1. The Bertz CT molecular complexity index is 447. The topological polar surface area (TPSA) is 49.6 Å². The Balaban J connectivity index is 2.21. The van der Waals surface area contributed by atoms with Gasteiger partial charge in [0.25, 0.3) is 0 Å². The number of hydrogen-bond acceptors (Lipinski definition) is 3. The summed E-state index contributed by atoms with van der Waals surface area (Å²) in [7, 11) is 1.80. The average molecular weight is 265 g/mol. The molecular weight excluding hydrogens is 245 g/mol. The van der Waals surface area contributed by atoms with E-state index in [9.17, 15) is 9.18 Å². The SMILES string of the molecule is CC(N)C(c1ccc(F)cc1)N1CCN(C)C(=O)C1. The van der Waals surface area contributed by atoms with E-state index in [1.54, 1.807) is 24.1 Å². The van der Waals surface area contributed by atoms with E-state index in [1.165, 1.54) is 12.1 Å². The number of benzene rings is 1. The van der Waals surface area contributed by atoms with Crippen molar-refractivity contribution >= 4 is 5.91 Å². The molecule has 1 fully saturated rings. The quantitative estimate of drug-likeness (QED) is 0.886. The van der Waals surface area contributed by atoms with E-state index in [1.807, 2.05) is 6.92 Å². The Morgan fingerprint density at radius 2 is 1.89 bits per heavy atom. The molecule has 0 radical (unpaired) electrons. The van der Waals surface area contributed by atoms with Crippen molar-refractivity contribution in [2.45, 2.75) is 19.0 Å². The van der Waals surface area contributed by atoms with Gasteiger partial charge in [0.1, 0.15) is 5.82 Å². The molecule has 5 heteroatoms. The summed E-state index contributed by atoms with van der Waals surface area (Å²) in [6.07, 6.45) is 0. The van der Waals surface area contributed by atoms with Gasteiger partial charge in [0.2, 0.25) is 5.91 Å². The van der Waals surface area contributed by atoms with Crippen molar-refractivity contribution in [3.8, 4) is 0 Å². The second-order valence-corrected chi connectivity index (χ2v) is 5.14. The zero-order valence-electron chi connectivity index (χ0n) is 11.3. The lowest BCUT2D eigenvalue weighted by Crippen LogP contribution is -2.52. The fourth-order valence-corrected chi connectivity index (χ4v) is 2.52. The third kappa shape index (κ3) is 3.11. The number of likely N-dealkylation sites (N-methyl/N-ethyl adjacent to an activating group) is 1. The van der Waals surface area contributed by atoms with Crippen LogP contribution >= 0.6 is 0 Å². The Kier molecular flexibility index (Phi) is 4.17. The molecule has 1 heterocycles. The number of carbonyl (C=O) groups excluding carboxylic acids is 1. The number of nitrogens with two attached hydrogens (primary N) is 1. The molecule has 1 aliphatic heterocycles. The van der Waals surface area contributed by atoms with E-state index in [0.717, 1.165) is 12.1 Å². The monoisotopic (exact) mass is 265 g/mol. The van der Waals surface area contributed by atoms with Crippen LogP contribution in [0.2, 0.25) is 0 Å². The number of rotatable bonds is 3. The maximum atomic E-state index is 13.0. The Morgan fingerprint density at radius 3 is 2.42 bits per heavy atom. The summed E-state index contributed by atoms with van der Waals surface area (Å²) in [5.41, 5.74) is 7.01. The maximum absolute atomic E-state index is 13.0. The molecule has 1 amide bonds. The lowest BCUT2D eigenvalue weighted by molar-refractivity contribution is -0.135. The number of nitrogens with zero attached hydrogens (tertiary/aromatic N) is 2. The molecule has 0 spiro atoms. The van der Waals surface area contributed by atoms with Gasteiger partial charge < -0.3 is 10.6 Å². The molecule has 19 heavy (non-hydrogen) atoms. The summed E-state index contributed by atoms with van der Waals surface area (Å²) in [5.74, 6) is -0.166. The summed E-state index contributed by atoms with van der Waals surface area (Å²) >= 11 is 0. The minimum absolute atomic E-state index is 0.0572. The maximum Gasteiger partial charge on any atom is 0.236 e. The van der Waals surface area contributed by atoms with Crippen LogP contribution in [-0.4, -0.2) is 48.4 Å².